The van der Waals surface area contributed by atoms with Crippen LogP contribution in [0.3, 0.4) is 0 Å². The summed E-state index contributed by atoms with van der Waals surface area (Å²) in [4.78, 5) is 4.36. The van der Waals surface area contributed by atoms with Crippen molar-refractivity contribution in [3.05, 3.63) is 59.9 Å². The minimum absolute atomic E-state index is 0.906. The van der Waals surface area contributed by atoms with Gasteiger partial charge in [-0.05, 0) is 42.8 Å². The molecule has 3 aromatic rings. The van der Waals surface area contributed by atoms with E-state index < -0.39 is 0 Å². The Labute approximate surface area is 119 Å². The number of aryl methyl sites for hydroxylation is 1. The van der Waals surface area contributed by atoms with Gasteiger partial charge in [-0.1, -0.05) is 25.1 Å². The fraction of sp³-hybridized carbons (Fsp3) is 0.235. The molecule has 0 amide bonds. The molecule has 0 spiro atoms. The molecule has 0 aliphatic rings. The topological polar surface area (TPSA) is 29.3 Å². The molecule has 1 aromatic carbocycles. The van der Waals surface area contributed by atoms with Crippen molar-refractivity contribution < 1.29 is 0 Å². The Morgan fingerprint density at radius 2 is 2.10 bits per heavy atom. The Morgan fingerprint density at radius 1 is 1.20 bits per heavy atom. The Hall–Kier alpha value is -2.13. The van der Waals surface area contributed by atoms with Crippen LogP contribution in [0.2, 0.25) is 0 Å². The summed E-state index contributed by atoms with van der Waals surface area (Å²) in [5.74, 6) is 0. The number of nitrogens with zero attached hydrogens (tertiary/aromatic N) is 2. The van der Waals surface area contributed by atoms with E-state index in [2.05, 4.69) is 58.9 Å². The lowest BCUT2D eigenvalue weighted by Gasteiger charge is -2.11. The summed E-state index contributed by atoms with van der Waals surface area (Å²) in [5, 5.41) is 3.38. The zero-order valence-electron chi connectivity index (χ0n) is 11.9. The van der Waals surface area contributed by atoms with E-state index in [4.69, 9.17) is 0 Å². The van der Waals surface area contributed by atoms with Crippen molar-refractivity contribution in [2.45, 2.75) is 20.4 Å². The van der Waals surface area contributed by atoms with Crippen LogP contribution in [0.15, 0.2) is 48.8 Å². The van der Waals surface area contributed by atoms with Crippen LogP contribution in [-0.2, 0) is 6.54 Å². The van der Waals surface area contributed by atoms with Crippen LogP contribution in [0.1, 0.15) is 18.1 Å². The summed E-state index contributed by atoms with van der Waals surface area (Å²) in [6.07, 6.45) is 3.86. The maximum absolute atomic E-state index is 4.36. The maximum atomic E-state index is 4.36. The molecule has 1 N–H and O–H groups in total. The second-order valence-corrected chi connectivity index (χ2v) is 5.00. The predicted octanol–water partition coefficient (Wildman–Crippen LogP) is 3.42. The highest BCUT2D eigenvalue weighted by molar-refractivity contribution is 5.67. The zero-order valence-corrected chi connectivity index (χ0v) is 11.9. The van der Waals surface area contributed by atoms with Gasteiger partial charge in [-0.15, -0.1) is 0 Å². The lowest BCUT2D eigenvalue weighted by Crippen LogP contribution is -2.11. The van der Waals surface area contributed by atoms with Crippen molar-refractivity contribution in [2.75, 3.05) is 6.54 Å². The van der Waals surface area contributed by atoms with Gasteiger partial charge < -0.3 is 5.32 Å². The van der Waals surface area contributed by atoms with Crippen molar-refractivity contribution in [3.8, 4) is 11.3 Å². The highest BCUT2D eigenvalue weighted by Crippen LogP contribution is 2.25. The average Bonchev–Trinajstić information content (AvgIpc) is 2.95. The van der Waals surface area contributed by atoms with E-state index in [1.807, 2.05) is 18.5 Å². The molecule has 0 saturated heterocycles. The van der Waals surface area contributed by atoms with Gasteiger partial charge >= 0.3 is 0 Å². The number of fused-ring (bicyclic) bond motifs is 1. The van der Waals surface area contributed by atoms with Crippen molar-refractivity contribution in [2.24, 2.45) is 0 Å². The van der Waals surface area contributed by atoms with Crippen LogP contribution < -0.4 is 5.32 Å². The number of pyridine rings is 1. The van der Waals surface area contributed by atoms with Gasteiger partial charge in [0.1, 0.15) is 5.65 Å². The SMILES string of the molecule is CCNCc1ccc(C)c(-c2cccc3nccn23)c1. The molecule has 0 unspecified atom stereocenters. The Balaban J connectivity index is 2.10. The first kappa shape index (κ1) is 12.9. The van der Waals surface area contributed by atoms with Crippen molar-refractivity contribution in [3.63, 3.8) is 0 Å². The third-order valence-electron chi connectivity index (χ3n) is 3.59. The van der Waals surface area contributed by atoms with E-state index >= 15 is 0 Å². The Morgan fingerprint density at radius 3 is 2.95 bits per heavy atom. The third-order valence-corrected chi connectivity index (χ3v) is 3.59. The molecule has 20 heavy (non-hydrogen) atoms. The summed E-state index contributed by atoms with van der Waals surface area (Å²) in [6.45, 7) is 6.17. The Bertz CT molecular complexity index is 728. The first-order valence-electron chi connectivity index (χ1n) is 7.02. The molecule has 2 aromatic heterocycles. The summed E-state index contributed by atoms with van der Waals surface area (Å²) in [5.41, 5.74) is 6.04. The lowest BCUT2D eigenvalue weighted by molar-refractivity contribution is 0.727. The molecule has 2 heterocycles. The van der Waals surface area contributed by atoms with Gasteiger partial charge in [0.05, 0.1) is 5.69 Å². The molecule has 0 fully saturated rings. The summed E-state index contributed by atoms with van der Waals surface area (Å²) >= 11 is 0. The standard InChI is InChI=1S/C17H19N3/c1-3-18-12-14-8-7-13(2)15(11-14)16-5-4-6-17-19-9-10-20(16)17/h4-11,18H,3,12H2,1-2H3. The Kier molecular flexibility index (Phi) is 3.52. The monoisotopic (exact) mass is 265 g/mol. The molecular weight excluding hydrogens is 246 g/mol. The van der Waals surface area contributed by atoms with E-state index in [9.17, 15) is 0 Å². The van der Waals surface area contributed by atoms with E-state index in [1.54, 1.807) is 0 Å². The summed E-state index contributed by atoms with van der Waals surface area (Å²) in [6, 6.07) is 12.9. The van der Waals surface area contributed by atoms with Crippen LogP contribution in [-0.4, -0.2) is 15.9 Å². The van der Waals surface area contributed by atoms with Gasteiger partial charge in [-0.3, -0.25) is 4.40 Å². The summed E-state index contributed by atoms with van der Waals surface area (Å²) in [7, 11) is 0. The van der Waals surface area contributed by atoms with Crippen LogP contribution >= 0.6 is 0 Å². The van der Waals surface area contributed by atoms with Crippen molar-refractivity contribution in [1.82, 2.24) is 14.7 Å². The zero-order chi connectivity index (χ0) is 13.9. The van der Waals surface area contributed by atoms with Crippen molar-refractivity contribution in [1.29, 1.82) is 0 Å². The van der Waals surface area contributed by atoms with Crippen LogP contribution in [0.5, 0.6) is 0 Å². The molecule has 3 rings (SSSR count). The second-order valence-electron chi connectivity index (χ2n) is 5.00. The van der Waals surface area contributed by atoms with Crippen LogP contribution in [0.4, 0.5) is 0 Å². The number of imidazole rings is 1. The number of aromatic nitrogens is 2. The highest BCUT2D eigenvalue weighted by atomic mass is 15.0. The number of nitrogens with one attached hydrogen (secondary N) is 1. The number of hydrogen-bond acceptors (Lipinski definition) is 2. The quantitative estimate of drug-likeness (QED) is 0.783. The van der Waals surface area contributed by atoms with Gasteiger partial charge in [0.15, 0.2) is 0 Å². The first-order valence-corrected chi connectivity index (χ1v) is 7.02. The third kappa shape index (κ3) is 2.32. The number of hydrogen-bond donors (Lipinski definition) is 1. The minimum Gasteiger partial charge on any atom is -0.313 e. The molecule has 102 valence electrons. The maximum Gasteiger partial charge on any atom is 0.137 e. The van der Waals surface area contributed by atoms with Gasteiger partial charge in [0.25, 0.3) is 0 Å². The molecule has 3 nitrogen and oxygen atoms in total. The van der Waals surface area contributed by atoms with Crippen molar-refractivity contribution >= 4 is 5.65 Å². The van der Waals surface area contributed by atoms with E-state index in [0.717, 1.165) is 18.7 Å². The number of benzene rings is 1. The molecule has 3 heteroatoms. The van der Waals surface area contributed by atoms with Gasteiger partial charge in [0, 0.05) is 24.5 Å². The van der Waals surface area contributed by atoms with E-state index in [0.29, 0.717) is 0 Å². The lowest BCUT2D eigenvalue weighted by atomic mass is 10.0. The molecular formula is C17H19N3. The normalized spacial score (nSPS) is 11.1. The van der Waals surface area contributed by atoms with Gasteiger partial charge in [-0.2, -0.15) is 0 Å². The van der Waals surface area contributed by atoms with Gasteiger partial charge in [-0.25, -0.2) is 4.98 Å². The second kappa shape index (κ2) is 5.47. The molecule has 0 atom stereocenters. The van der Waals surface area contributed by atoms with Crippen LogP contribution in [0, 0.1) is 6.92 Å². The van der Waals surface area contributed by atoms with Gasteiger partial charge in [0.2, 0.25) is 0 Å². The number of rotatable bonds is 4. The van der Waals surface area contributed by atoms with E-state index in [1.165, 1.54) is 22.4 Å². The fourth-order valence-corrected chi connectivity index (χ4v) is 2.49. The smallest absolute Gasteiger partial charge is 0.137 e. The average molecular weight is 265 g/mol. The molecule has 0 bridgehead atoms. The molecule has 0 aliphatic heterocycles. The van der Waals surface area contributed by atoms with E-state index in [-0.39, 0.29) is 0 Å². The highest BCUT2D eigenvalue weighted by Gasteiger charge is 2.07. The fourth-order valence-electron chi connectivity index (χ4n) is 2.49. The summed E-state index contributed by atoms with van der Waals surface area (Å²) < 4.78 is 2.14. The molecule has 0 aliphatic carbocycles. The van der Waals surface area contributed by atoms with Crippen LogP contribution in [0.25, 0.3) is 16.9 Å². The molecule has 0 saturated carbocycles. The minimum atomic E-state index is 0.906. The molecule has 0 radical (unpaired) electrons. The largest absolute Gasteiger partial charge is 0.313 e. The predicted molar refractivity (Wildman–Crippen MR) is 82.7 cm³/mol. The first-order chi connectivity index (χ1) is 9.79.